The summed E-state index contributed by atoms with van der Waals surface area (Å²) in [5.74, 6) is 0.580. The number of hydrogen-bond acceptors (Lipinski definition) is 5. The minimum absolute atomic E-state index is 0.0811. The first-order valence-corrected chi connectivity index (χ1v) is 11.3. The topological polar surface area (TPSA) is 65.7 Å². The van der Waals surface area contributed by atoms with E-state index in [1.165, 1.54) is 12.3 Å². The molecule has 0 aliphatic heterocycles. The molecule has 0 aliphatic rings. The van der Waals surface area contributed by atoms with E-state index in [0.717, 1.165) is 16.7 Å². The number of benzene rings is 4. The van der Waals surface area contributed by atoms with Gasteiger partial charge in [-0.3, -0.25) is 9.59 Å². The average molecular weight is 463 g/mol. The largest absolute Gasteiger partial charge is 0.460 e. The monoisotopic (exact) mass is 462 g/mol. The minimum atomic E-state index is -0.352. The number of fused-ring (bicyclic) bond motifs is 1. The molecule has 172 valence electrons. The van der Waals surface area contributed by atoms with Gasteiger partial charge < -0.3 is 13.9 Å². The second-order valence-electron chi connectivity index (χ2n) is 8.04. The highest BCUT2D eigenvalue weighted by atomic mass is 16.5. The average Bonchev–Trinajstić information content (AvgIpc) is 2.91. The van der Waals surface area contributed by atoms with Gasteiger partial charge in [0.05, 0.1) is 5.39 Å². The van der Waals surface area contributed by atoms with E-state index in [0.29, 0.717) is 28.9 Å². The zero-order chi connectivity index (χ0) is 24.0. The van der Waals surface area contributed by atoms with E-state index in [2.05, 4.69) is 0 Å². The molecule has 5 heteroatoms. The van der Waals surface area contributed by atoms with Crippen molar-refractivity contribution in [2.75, 3.05) is 0 Å². The minimum Gasteiger partial charge on any atom is -0.460 e. The summed E-state index contributed by atoms with van der Waals surface area (Å²) < 4.78 is 16.8. The van der Waals surface area contributed by atoms with Crippen molar-refractivity contribution in [3.8, 4) is 28.4 Å². The number of aryl methyl sites for hydroxylation is 1. The van der Waals surface area contributed by atoms with Crippen molar-refractivity contribution in [1.82, 2.24) is 0 Å². The molecule has 1 aromatic heterocycles. The molecule has 0 fully saturated rings. The first-order chi connectivity index (χ1) is 17.2. The summed E-state index contributed by atoms with van der Waals surface area (Å²) in [7, 11) is 0. The lowest BCUT2D eigenvalue weighted by Gasteiger charge is -2.08. The molecule has 0 amide bonds. The van der Waals surface area contributed by atoms with Gasteiger partial charge in [0.1, 0.15) is 23.3 Å². The van der Waals surface area contributed by atoms with Gasteiger partial charge >= 0.3 is 5.97 Å². The Balaban J connectivity index is 1.27. The first-order valence-electron chi connectivity index (χ1n) is 11.3. The number of ether oxygens (including phenoxy) is 2. The van der Waals surface area contributed by atoms with Gasteiger partial charge in [-0.15, -0.1) is 0 Å². The van der Waals surface area contributed by atoms with Crippen molar-refractivity contribution in [3.05, 3.63) is 125 Å². The van der Waals surface area contributed by atoms with Crippen LogP contribution < -0.4 is 14.9 Å². The van der Waals surface area contributed by atoms with Crippen LogP contribution in [0.1, 0.15) is 12.0 Å². The standard InChI is InChI=1S/C30H22O5/c31-29(18-11-21-7-3-1-4-8-21)35-25-16-17-26-27(19-25)33-20-28(30(26)32)34-24-14-12-23(13-15-24)22-9-5-2-6-10-22/h1-10,12-17,19-20H,11,18H2. The van der Waals surface area contributed by atoms with Crippen molar-refractivity contribution in [2.45, 2.75) is 12.8 Å². The van der Waals surface area contributed by atoms with Crippen molar-refractivity contribution in [1.29, 1.82) is 0 Å². The van der Waals surface area contributed by atoms with Gasteiger partial charge in [0, 0.05) is 12.5 Å². The van der Waals surface area contributed by atoms with Gasteiger partial charge in [-0.1, -0.05) is 72.8 Å². The SMILES string of the molecule is O=C(CCc1ccccc1)Oc1ccc2c(=O)c(Oc3ccc(-c4ccccc4)cc3)coc2c1. The van der Waals surface area contributed by atoms with E-state index in [-0.39, 0.29) is 23.6 Å². The van der Waals surface area contributed by atoms with Crippen molar-refractivity contribution in [2.24, 2.45) is 0 Å². The van der Waals surface area contributed by atoms with Gasteiger partial charge in [0.15, 0.2) is 0 Å². The van der Waals surface area contributed by atoms with Crippen LogP contribution in [0, 0.1) is 0 Å². The lowest BCUT2D eigenvalue weighted by atomic mass is 10.1. The molecule has 4 aromatic carbocycles. The quantitative estimate of drug-likeness (QED) is 0.197. The molecule has 0 saturated heterocycles. The fraction of sp³-hybridized carbons (Fsp3) is 0.0667. The summed E-state index contributed by atoms with van der Waals surface area (Å²) in [6.45, 7) is 0. The summed E-state index contributed by atoms with van der Waals surface area (Å²) in [5, 5.41) is 0.340. The molecule has 5 aromatic rings. The Morgan fingerprint density at radius 3 is 2.14 bits per heavy atom. The van der Waals surface area contributed by atoms with Crippen LogP contribution in [0.15, 0.2) is 119 Å². The van der Waals surface area contributed by atoms with E-state index in [4.69, 9.17) is 13.9 Å². The van der Waals surface area contributed by atoms with E-state index in [1.807, 2.05) is 84.9 Å². The Morgan fingerprint density at radius 1 is 0.743 bits per heavy atom. The summed E-state index contributed by atoms with van der Waals surface area (Å²) in [6.07, 6.45) is 2.12. The highest BCUT2D eigenvalue weighted by Gasteiger charge is 2.12. The van der Waals surface area contributed by atoms with Gasteiger partial charge in [0.2, 0.25) is 11.2 Å². The Kier molecular flexibility index (Phi) is 6.39. The van der Waals surface area contributed by atoms with Crippen molar-refractivity contribution >= 4 is 16.9 Å². The third-order valence-electron chi connectivity index (χ3n) is 5.60. The number of hydrogen-bond donors (Lipinski definition) is 0. The predicted octanol–water partition coefficient (Wildman–Crippen LogP) is 6.79. The van der Waals surface area contributed by atoms with E-state index in [9.17, 15) is 9.59 Å². The van der Waals surface area contributed by atoms with Gasteiger partial charge in [-0.05, 0) is 47.4 Å². The summed E-state index contributed by atoms with van der Waals surface area (Å²) >= 11 is 0. The maximum absolute atomic E-state index is 12.9. The van der Waals surface area contributed by atoms with Gasteiger partial charge in [-0.25, -0.2) is 0 Å². The van der Waals surface area contributed by atoms with Crippen molar-refractivity contribution < 1.29 is 18.7 Å². The normalized spacial score (nSPS) is 10.7. The Morgan fingerprint density at radius 2 is 1.40 bits per heavy atom. The predicted molar refractivity (Wildman–Crippen MR) is 135 cm³/mol. The maximum atomic E-state index is 12.9. The van der Waals surface area contributed by atoms with Gasteiger partial charge in [-0.2, -0.15) is 0 Å². The number of carbonyl (C=O) groups is 1. The Labute approximate surface area is 202 Å². The van der Waals surface area contributed by atoms with Crippen LogP contribution in [0.2, 0.25) is 0 Å². The van der Waals surface area contributed by atoms with E-state index in [1.54, 1.807) is 12.1 Å². The zero-order valence-corrected chi connectivity index (χ0v) is 18.8. The molecule has 0 atom stereocenters. The van der Waals surface area contributed by atoms with Crippen LogP contribution in [0.25, 0.3) is 22.1 Å². The van der Waals surface area contributed by atoms with Crippen LogP contribution in [-0.2, 0) is 11.2 Å². The maximum Gasteiger partial charge on any atom is 0.311 e. The molecule has 0 unspecified atom stereocenters. The third kappa shape index (κ3) is 5.31. The fourth-order valence-electron chi connectivity index (χ4n) is 3.77. The molecule has 0 spiro atoms. The number of esters is 1. The van der Waals surface area contributed by atoms with Crippen LogP contribution in [0.3, 0.4) is 0 Å². The highest BCUT2D eigenvalue weighted by Crippen LogP contribution is 2.27. The lowest BCUT2D eigenvalue weighted by Crippen LogP contribution is -2.09. The second kappa shape index (κ2) is 10.1. The molecule has 0 radical (unpaired) electrons. The first kappa shape index (κ1) is 22.2. The molecular weight excluding hydrogens is 440 g/mol. The molecule has 0 N–H and O–H groups in total. The molecule has 0 aliphatic carbocycles. The summed E-state index contributed by atoms with van der Waals surface area (Å²) in [4.78, 5) is 25.1. The van der Waals surface area contributed by atoms with Crippen LogP contribution in [-0.4, -0.2) is 5.97 Å². The molecule has 35 heavy (non-hydrogen) atoms. The molecule has 0 bridgehead atoms. The molecule has 1 heterocycles. The zero-order valence-electron chi connectivity index (χ0n) is 18.8. The molecule has 0 saturated carbocycles. The Hall–Kier alpha value is -4.64. The van der Waals surface area contributed by atoms with E-state index < -0.39 is 0 Å². The second-order valence-corrected chi connectivity index (χ2v) is 8.04. The molecule has 5 rings (SSSR count). The number of carbonyl (C=O) groups excluding carboxylic acids is 1. The smallest absolute Gasteiger partial charge is 0.311 e. The Bertz CT molecular complexity index is 1500. The third-order valence-corrected chi connectivity index (χ3v) is 5.60. The van der Waals surface area contributed by atoms with Crippen LogP contribution in [0.4, 0.5) is 0 Å². The molecular formula is C30H22O5. The summed E-state index contributed by atoms with van der Waals surface area (Å²) in [5.41, 5.74) is 3.22. The fourth-order valence-corrected chi connectivity index (χ4v) is 3.77. The van der Waals surface area contributed by atoms with Gasteiger partial charge in [0.25, 0.3) is 0 Å². The summed E-state index contributed by atoms with van der Waals surface area (Å²) in [6, 6.07) is 31.9. The van der Waals surface area contributed by atoms with E-state index >= 15 is 0 Å². The lowest BCUT2D eigenvalue weighted by molar-refractivity contribution is -0.134. The van der Waals surface area contributed by atoms with Crippen LogP contribution in [0.5, 0.6) is 17.2 Å². The highest BCUT2D eigenvalue weighted by molar-refractivity contribution is 5.81. The molecule has 5 nitrogen and oxygen atoms in total. The van der Waals surface area contributed by atoms with Crippen molar-refractivity contribution in [3.63, 3.8) is 0 Å². The number of rotatable bonds is 7. The van der Waals surface area contributed by atoms with Crippen LogP contribution >= 0.6 is 0 Å².